The molecule has 4 nitrogen and oxygen atoms in total. The summed E-state index contributed by atoms with van der Waals surface area (Å²) in [4.78, 5) is 10.7. The van der Waals surface area contributed by atoms with Crippen molar-refractivity contribution in [2.45, 2.75) is 57.7 Å². The van der Waals surface area contributed by atoms with Gasteiger partial charge in [-0.15, -0.1) is 0 Å². The Balaban J connectivity index is 2.44. The summed E-state index contributed by atoms with van der Waals surface area (Å²) in [5, 5.41) is 3.52. The molecule has 0 spiro atoms. The van der Waals surface area contributed by atoms with Crippen LogP contribution >= 0.6 is 0 Å². The molecule has 1 aliphatic carbocycles. The van der Waals surface area contributed by atoms with Crippen LogP contribution in [-0.2, 0) is 4.74 Å². The second-order valence-corrected chi connectivity index (χ2v) is 4.58. The largest absolute Gasteiger partial charge is 0.442 e. The Morgan fingerprint density at radius 2 is 2.19 bits per heavy atom. The SMILES string of the molecule is CC(C)NC1CCC=CC(OC(N)=O)CC1. The summed E-state index contributed by atoms with van der Waals surface area (Å²) in [6.07, 6.45) is 7.17. The monoisotopic (exact) mass is 226 g/mol. The molecule has 4 heteroatoms. The number of carbonyl (C=O) groups excluding carboxylic acids is 1. The third kappa shape index (κ3) is 5.16. The first-order valence-electron chi connectivity index (χ1n) is 5.96. The van der Waals surface area contributed by atoms with Gasteiger partial charge in [0, 0.05) is 12.1 Å². The van der Waals surface area contributed by atoms with Gasteiger partial charge in [0.05, 0.1) is 0 Å². The van der Waals surface area contributed by atoms with Gasteiger partial charge < -0.3 is 15.8 Å². The van der Waals surface area contributed by atoms with Gasteiger partial charge in [0.2, 0.25) is 0 Å². The second-order valence-electron chi connectivity index (χ2n) is 4.58. The van der Waals surface area contributed by atoms with Gasteiger partial charge in [0.25, 0.3) is 0 Å². The van der Waals surface area contributed by atoms with Crippen LogP contribution in [0.4, 0.5) is 4.79 Å². The van der Waals surface area contributed by atoms with Crippen LogP contribution in [0.2, 0.25) is 0 Å². The lowest BCUT2D eigenvalue weighted by atomic mass is 9.99. The smallest absolute Gasteiger partial charge is 0.405 e. The quantitative estimate of drug-likeness (QED) is 0.723. The number of nitrogens with one attached hydrogen (secondary N) is 1. The number of hydrogen-bond donors (Lipinski definition) is 2. The van der Waals surface area contributed by atoms with E-state index in [0.717, 1.165) is 25.7 Å². The summed E-state index contributed by atoms with van der Waals surface area (Å²) in [6, 6.07) is 0.993. The third-order valence-electron chi connectivity index (χ3n) is 2.67. The summed E-state index contributed by atoms with van der Waals surface area (Å²) >= 11 is 0. The van der Waals surface area contributed by atoms with E-state index in [1.807, 2.05) is 6.08 Å². The minimum Gasteiger partial charge on any atom is -0.442 e. The Kier molecular flexibility index (Phi) is 5.32. The molecule has 0 fully saturated rings. The predicted octanol–water partition coefficient (Wildman–Crippen LogP) is 1.95. The van der Waals surface area contributed by atoms with Crippen LogP contribution in [0.1, 0.15) is 39.5 Å². The van der Waals surface area contributed by atoms with E-state index in [9.17, 15) is 4.79 Å². The zero-order chi connectivity index (χ0) is 12.0. The normalized spacial score (nSPS) is 26.2. The Morgan fingerprint density at radius 1 is 1.44 bits per heavy atom. The van der Waals surface area contributed by atoms with E-state index in [2.05, 4.69) is 25.2 Å². The molecule has 16 heavy (non-hydrogen) atoms. The zero-order valence-corrected chi connectivity index (χ0v) is 10.1. The van der Waals surface area contributed by atoms with E-state index >= 15 is 0 Å². The van der Waals surface area contributed by atoms with E-state index < -0.39 is 6.09 Å². The number of rotatable bonds is 3. The van der Waals surface area contributed by atoms with Crippen molar-refractivity contribution in [1.29, 1.82) is 0 Å². The number of amides is 1. The van der Waals surface area contributed by atoms with Gasteiger partial charge >= 0.3 is 6.09 Å². The van der Waals surface area contributed by atoms with E-state index in [4.69, 9.17) is 10.5 Å². The number of carbonyl (C=O) groups is 1. The molecule has 0 saturated heterocycles. The average Bonchev–Trinajstić information content (AvgIpc) is 2.14. The number of nitrogens with two attached hydrogens (primary N) is 1. The summed E-state index contributed by atoms with van der Waals surface area (Å²) in [6.45, 7) is 4.29. The molecular weight excluding hydrogens is 204 g/mol. The van der Waals surface area contributed by atoms with E-state index in [0.29, 0.717) is 12.1 Å². The number of allylic oxidation sites excluding steroid dienone is 1. The van der Waals surface area contributed by atoms with Crippen LogP contribution in [0.5, 0.6) is 0 Å². The van der Waals surface area contributed by atoms with E-state index in [-0.39, 0.29) is 6.10 Å². The highest BCUT2D eigenvalue weighted by Crippen LogP contribution is 2.15. The first kappa shape index (κ1) is 13.0. The first-order valence-corrected chi connectivity index (χ1v) is 5.96. The maximum Gasteiger partial charge on any atom is 0.405 e. The molecule has 1 aliphatic rings. The van der Waals surface area contributed by atoms with Crippen LogP contribution in [0.25, 0.3) is 0 Å². The molecule has 0 aliphatic heterocycles. The van der Waals surface area contributed by atoms with Crippen molar-refractivity contribution < 1.29 is 9.53 Å². The standard InChI is InChI=1S/C12H22N2O2/c1-9(2)14-10-5-3-4-6-11(8-7-10)16-12(13)15/h4,6,9-11,14H,3,5,7-8H2,1-2H3,(H2,13,15). The van der Waals surface area contributed by atoms with Gasteiger partial charge in [-0.1, -0.05) is 19.9 Å². The molecule has 0 aromatic rings. The van der Waals surface area contributed by atoms with Crippen molar-refractivity contribution >= 4 is 6.09 Å². The van der Waals surface area contributed by atoms with Crippen molar-refractivity contribution in [1.82, 2.24) is 5.32 Å². The van der Waals surface area contributed by atoms with E-state index in [1.54, 1.807) is 0 Å². The average molecular weight is 226 g/mol. The Labute approximate surface area is 97.2 Å². The molecule has 1 rings (SSSR count). The van der Waals surface area contributed by atoms with Gasteiger partial charge in [0.15, 0.2) is 0 Å². The van der Waals surface area contributed by atoms with Crippen molar-refractivity contribution in [2.24, 2.45) is 5.73 Å². The van der Waals surface area contributed by atoms with Gasteiger partial charge in [-0.3, -0.25) is 0 Å². The summed E-state index contributed by atoms with van der Waals surface area (Å²) in [5.74, 6) is 0. The fourth-order valence-electron chi connectivity index (χ4n) is 2.04. The highest BCUT2D eigenvalue weighted by atomic mass is 16.6. The molecule has 0 saturated carbocycles. The molecule has 2 unspecified atom stereocenters. The maximum atomic E-state index is 10.7. The fourth-order valence-corrected chi connectivity index (χ4v) is 2.04. The lowest BCUT2D eigenvalue weighted by Gasteiger charge is -2.24. The number of primary amides is 1. The molecule has 2 atom stereocenters. The Morgan fingerprint density at radius 3 is 2.81 bits per heavy atom. The van der Waals surface area contributed by atoms with Gasteiger partial charge in [-0.05, 0) is 31.8 Å². The molecule has 0 aromatic carbocycles. The van der Waals surface area contributed by atoms with Crippen LogP contribution in [0, 0.1) is 0 Å². The first-order chi connectivity index (χ1) is 7.58. The molecule has 92 valence electrons. The minimum absolute atomic E-state index is 0.158. The summed E-state index contributed by atoms with van der Waals surface area (Å²) in [5.41, 5.74) is 5.02. The minimum atomic E-state index is -0.691. The summed E-state index contributed by atoms with van der Waals surface area (Å²) < 4.78 is 5.00. The second kappa shape index (κ2) is 6.53. The highest BCUT2D eigenvalue weighted by Gasteiger charge is 2.16. The van der Waals surface area contributed by atoms with Crippen LogP contribution in [0.15, 0.2) is 12.2 Å². The van der Waals surface area contributed by atoms with Crippen molar-refractivity contribution in [3.05, 3.63) is 12.2 Å². The number of ether oxygens (including phenoxy) is 1. The van der Waals surface area contributed by atoms with E-state index in [1.165, 1.54) is 0 Å². The Hall–Kier alpha value is -1.03. The van der Waals surface area contributed by atoms with Gasteiger partial charge in [-0.25, -0.2) is 4.79 Å². The number of hydrogen-bond acceptors (Lipinski definition) is 3. The van der Waals surface area contributed by atoms with Crippen LogP contribution < -0.4 is 11.1 Å². The lowest BCUT2D eigenvalue weighted by molar-refractivity contribution is 0.120. The molecule has 0 heterocycles. The van der Waals surface area contributed by atoms with Crippen LogP contribution in [-0.4, -0.2) is 24.3 Å². The highest BCUT2D eigenvalue weighted by molar-refractivity contribution is 5.65. The fraction of sp³-hybridized carbons (Fsp3) is 0.750. The van der Waals surface area contributed by atoms with Gasteiger partial charge in [0.1, 0.15) is 6.10 Å². The molecule has 1 amide bonds. The summed E-state index contributed by atoms with van der Waals surface area (Å²) in [7, 11) is 0. The molecule has 3 N–H and O–H groups in total. The topological polar surface area (TPSA) is 64.3 Å². The molecule has 0 aromatic heterocycles. The Bertz CT molecular complexity index is 251. The predicted molar refractivity (Wildman–Crippen MR) is 64.1 cm³/mol. The maximum absolute atomic E-state index is 10.7. The zero-order valence-electron chi connectivity index (χ0n) is 10.1. The third-order valence-corrected chi connectivity index (χ3v) is 2.67. The molecular formula is C12H22N2O2. The van der Waals surface area contributed by atoms with Crippen molar-refractivity contribution in [2.75, 3.05) is 0 Å². The van der Waals surface area contributed by atoms with Gasteiger partial charge in [-0.2, -0.15) is 0 Å². The lowest BCUT2D eigenvalue weighted by Crippen LogP contribution is -2.36. The van der Waals surface area contributed by atoms with Crippen LogP contribution in [0.3, 0.4) is 0 Å². The van der Waals surface area contributed by atoms with Crippen molar-refractivity contribution in [3.63, 3.8) is 0 Å². The molecule has 0 radical (unpaired) electrons. The molecule has 0 bridgehead atoms. The van der Waals surface area contributed by atoms with Crippen molar-refractivity contribution in [3.8, 4) is 0 Å².